The van der Waals surface area contributed by atoms with Crippen LogP contribution in [0.25, 0.3) is 17.0 Å². The van der Waals surface area contributed by atoms with E-state index in [2.05, 4.69) is 43.0 Å². The number of fused-ring (bicyclic) bond motifs is 1. The second kappa shape index (κ2) is 7.41. The third kappa shape index (κ3) is 4.02. The summed E-state index contributed by atoms with van der Waals surface area (Å²) in [6.45, 7) is 7.29. The predicted molar refractivity (Wildman–Crippen MR) is 103 cm³/mol. The first-order valence-electron chi connectivity index (χ1n) is 8.97. The molecule has 2 aromatic heterocycles. The van der Waals surface area contributed by atoms with Crippen LogP contribution in [0.1, 0.15) is 45.0 Å². The Bertz CT molecular complexity index is 933. The van der Waals surface area contributed by atoms with E-state index in [1.165, 1.54) is 11.6 Å². The molecule has 2 heterocycles. The van der Waals surface area contributed by atoms with Crippen molar-refractivity contribution in [1.82, 2.24) is 19.6 Å². The zero-order valence-electron chi connectivity index (χ0n) is 15.9. The van der Waals surface area contributed by atoms with Gasteiger partial charge in [-0.1, -0.05) is 45.0 Å². The van der Waals surface area contributed by atoms with Gasteiger partial charge in [-0.3, -0.25) is 9.89 Å². The number of aryl methyl sites for hydroxylation is 1. The lowest BCUT2D eigenvalue weighted by Crippen LogP contribution is -2.11. The highest BCUT2D eigenvalue weighted by Gasteiger charge is 2.15. The molecule has 0 bridgehead atoms. The Balaban J connectivity index is 1.96. The Morgan fingerprint density at radius 3 is 2.50 bits per heavy atom. The van der Waals surface area contributed by atoms with Crippen LogP contribution in [0.3, 0.4) is 0 Å². The van der Waals surface area contributed by atoms with E-state index in [0.29, 0.717) is 11.5 Å². The molecule has 6 heteroatoms. The maximum atomic E-state index is 11.8. The maximum Gasteiger partial charge on any atom is 0.266 e. The lowest BCUT2D eigenvalue weighted by atomic mass is 9.87. The molecule has 0 aliphatic heterocycles. The summed E-state index contributed by atoms with van der Waals surface area (Å²) >= 11 is 0. The molecular formula is C20H26N4O2. The molecule has 0 fully saturated rings. The minimum atomic E-state index is -0.169. The molecule has 6 nitrogen and oxygen atoms in total. The smallest absolute Gasteiger partial charge is 0.266 e. The van der Waals surface area contributed by atoms with Gasteiger partial charge in [-0.25, -0.2) is 14.5 Å². The van der Waals surface area contributed by atoms with Crippen LogP contribution < -0.4 is 5.56 Å². The molecule has 0 saturated heterocycles. The molecule has 1 N–H and O–H groups in total. The molecule has 0 atom stereocenters. The second-order valence-corrected chi connectivity index (χ2v) is 7.55. The monoisotopic (exact) mass is 354 g/mol. The first kappa shape index (κ1) is 18.3. The third-order valence-electron chi connectivity index (χ3n) is 4.43. The average molecular weight is 354 g/mol. The number of rotatable bonds is 6. The maximum absolute atomic E-state index is 11.8. The van der Waals surface area contributed by atoms with Gasteiger partial charge in [0.15, 0.2) is 11.5 Å². The van der Waals surface area contributed by atoms with Crippen LogP contribution in [0.5, 0.6) is 0 Å². The van der Waals surface area contributed by atoms with Gasteiger partial charge in [0.1, 0.15) is 5.82 Å². The number of nitrogens with one attached hydrogen (secondary N) is 1. The Morgan fingerprint density at radius 1 is 1.12 bits per heavy atom. The Hall–Kier alpha value is -2.47. The van der Waals surface area contributed by atoms with Gasteiger partial charge in [-0.15, -0.1) is 0 Å². The highest BCUT2D eigenvalue weighted by atomic mass is 16.5. The summed E-state index contributed by atoms with van der Waals surface area (Å²) in [6.07, 6.45) is 2.63. The number of H-pyrrole nitrogens is 1. The number of nitrogens with zero attached hydrogens (tertiary/aromatic N) is 3. The fourth-order valence-corrected chi connectivity index (χ4v) is 2.91. The van der Waals surface area contributed by atoms with Crippen LogP contribution in [-0.4, -0.2) is 33.3 Å². The number of hydrogen-bond acceptors (Lipinski definition) is 4. The first-order chi connectivity index (χ1) is 12.4. The third-order valence-corrected chi connectivity index (χ3v) is 4.43. The van der Waals surface area contributed by atoms with E-state index >= 15 is 0 Å². The van der Waals surface area contributed by atoms with E-state index in [4.69, 9.17) is 9.72 Å². The lowest BCUT2D eigenvalue weighted by Gasteiger charge is -2.19. The van der Waals surface area contributed by atoms with Crippen molar-refractivity contribution in [3.8, 4) is 11.4 Å². The van der Waals surface area contributed by atoms with Crippen molar-refractivity contribution in [3.05, 3.63) is 52.1 Å². The van der Waals surface area contributed by atoms with Gasteiger partial charge in [-0.05, 0) is 23.8 Å². The van der Waals surface area contributed by atoms with Gasteiger partial charge in [0.25, 0.3) is 5.56 Å². The summed E-state index contributed by atoms with van der Waals surface area (Å²) in [5.41, 5.74) is 2.75. The van der Waals surface area contributed by atoms with E-state index in [0.717, 1.165) is 37.3 Å². The fraction of sp³-hybridized carbons (Fsp3) is 0.450. The van der Waals surface area contributed by atoms with Crippen molar-refractivity contribution >= 4 is 5.65 Å². The largest absolute Gasteiger partial charge is 0.385 e. The Kier molecular flexibility index (Phi) is 5.23. The molecule has 0 aliphatic rings. The van der Waals surface area contributed by atoms with Crippen molar-refractivity contribution in [1.29, 1.82) is 0 Å². The van der Waals surface area contributed by atoms with Crippen molar-refractivity contribution in [2.24, 2.45) is 0 Å². The second-order valence-electron chi connectivity index (χ2n) is 7.55. The molecule has 0 amide bonds. The molecule has 0 aliphatic carbocycles. The summed E-state index contributed by atoms with van der Waals surface area (Å²) in [5, 5.41) is 2.78. The molecule has 26 heavy (non-hydrogen) atoms. The van der Waals surface area contributed by atoms with Gasteiger partial charge in [-0.2, -0.15) is 0 Å². The quantitative estimate of drug-likeness (QED) is 0.689. The normalized spacial score (nSPS) is 12.0. The standard InChI is InChI=1S/C20H26N4O2/c1-20(2,3)15-10-8-14(9-11-15)19-21-16(7-5-6-12-26-4)24-17(22-19)13-18(25)23-24/h8-11,13H,5-7,12H2,1-4H3,(H,23,25). The zero-order valence-corrected chi connectivity index (χ0v) is 15.9. The number of aromatic amines is 1. The number of hydrogen-bond donors (Lipinski definition) is 1. The molecule has 0 unspecified atom stereocenters. The van der Waals surface area contributed by atoms with Gasteiger partial charge in [0, 0.05) is 31.8 Å². The Morgan fingerprint density at radius 2 is 1.85 bits per heavy atom. The minimum Gasteiger partial charge on any atom is -0.385 e. The number of aromatic nitrogens is 4. The van der Waals surface area contributed by atoms with Crippen LogP contribution >= 0.6 is 0 Å². The minimum absolute atomic E-state index is 0.101. The van der Waals surface area contributed by atoms with Crippen molar-refractivity contribution < 1.29 is 4.74 Å². The van der Waals surface area contributed by atoms with Gasteiger partial charge >= 0.3 is 0 Å². The summed E-state index contributed by atoms with van der Waals surface area (Å²) < 4.78 is 6.79. The zero-order chi connectivity index (χ0) is 18.7. The van der Waals surface area contributed by atoms with Gasteiger partial charge < -0.3 is 4.74 Å². The number of benzene rings is 1. The summed E-state index contributed by atoms with van der Waals surface area (Å²) in [5.74, 6) is 1.45. The molecule has 0 spiro atoms. The summed E-state index contributed by atoms with van der Waals surface area (Å²) in [6, 6.07) is 9.83. The Labute approximate surface area is 153 Å². The SMILES string of the molecule is COCCCCc1nc(-c2ccc(C(C)(C)C)cc2)nc2cc(=O)[nH]n12. The van der Waals surface area contributed by atoms with Crippen LogP contribution in [-0.2, 0) is 16.6 Å². The van der Waals surface area contributed by atoms with Crippen molar-refractivity contribution in [2.75, 3.05) is 13.7 Å². The highest BCUT2D eigenvalue weighted by Crippen LogP contribution is 2.25. The first-order valence-corrected chi connectivity index (χ1v) is 8.97. The van der Waals surface area contributed by atoms with E-state index in [1.54, 1.807) is 11.6 Å². The molecule has 0 radical (unpaired) electrons. The number of ether oxygens (including phenoxy) is 1. The van der Waals surface area contributed by atoms with Crippen LogP contribution in [0.4, 0.5) is 0 Å². The predicted octanol–water partition coefficient (Wildman–Crippen LogP) is 3.35. The molecule has 1 aromatic carbocycles. The number of unbranched alkanes of at least 4 members (excludes halogenated alkanes) is 1. The van der Waals surface area contributed by atoms with E-state index in [-0.39, 0.29) is 11.0 Å². The van der Waals surface area contributed by atoms with Crippen LogP contribution in [0, 0.1) is 0 Å². The molecule has 3 rings (SSSR count). The average Bonchev–Trinajstić information content (AvgIpc) is 2.98. The van der Waals surface area contributed by atoms with Crippen molar-refractivity contribution in [3.63, 3.8) is 0 Å². The molecule has 0 saturated carbocycles. The molecule has 3 aromatic rings. The van der Waals surface area contributed by atoms with Crippen LogP contribution in [0.15, 0.2) is 35.1 Å². The number of methoxy groups -OCH3 is 1. The molecule has 138 valence electrons. The van der Waals surface area contributed by atoms with Gasteiger partial charge in [0.2, 0.25) is 0 Å². The molecular weight excluding hydrogens is 328 g/mol. The topological polar surface area (TPSA) is 72.3 Å². The van der Waals surface area contributed by atoms with E-state index in [9.17, 15) is 4.79 Å². The van der Waals surface area contributed by atoms with Crippen LogP contribution in [0.2, 0.25) is 0 Å². The lowest BCUT2D eigenvalue weighted by molar-refractivity contribution is 0.192. The fourth-order valence-electron chi connectivity index (χ4n) is 2.91. The van der Waals surface area contributed by atoms with E-state index < -0.39 is 0 Å². The van der Waals surface area contributed by atoms with Crippen molar-refractivity contribution in [2.45, 2.75) is 45.4 Å². The summed E-state index contributed by atoms with van der Waals surface area (Å²) in [4.78, 5) is 21.0. The highest BCUT2D eigenvalue weighted by molar-refractivity contribution is 5.58. The summed E-state index contributed by atoms with van der Waals surface area (Å²) in [7, 11) is 1.70. The van der Waals surface area contributed by atoms with E-state index in [1.807, 2.05) is 12.1 Å². The van der Waals surface area contributed by atoms with Gasteiger partial charge in [0.05, 0.1) is 0 Å².